The van der Waals surface area contributed by atoms with Crippen molar-refractivity contribution in [3.05, 3.63) is 35.9 Å². The van der Waals surface area contributed by atoms with Gasteiger partial charge in [-0.1, -0.05) is 79.0 Å². The van der Waals surface area contributed by atoms with E-state index in [4.69, 9.17) is 44.3 Å². The number of halogens is 3. The summed E-state index contributed by atoms with van der Waals surface area (Å²) >= 11 is 16.6. The third kappa shape index (κ3) is 9.36. The molecular weight excluding hydrogens is 375 g/mol. The van der Waals surface area contributed by atoms with Crippen LogP contribution in [0.15, 0.2) is 30.3 Å². The molecule has 0 bridgehead atoms. The van der Waals surface area contributed by atoms with Crippen LogP contribution in [0.2, 0.25) is 0 Å². The number of ether oxygens (including phenoxy) is 2. The Labute approximate surface area is 157 Å². The van der Waals surface area contributed by atoms with Crippen molar-refractivity contribution in [3.8, 4) is 0 Å². The van der Waals surface area contributed by atoms with E-state index in [1.165, 1.54) is 0 Å². The highest BCUT2D eigenvalue weighted by atomic mass is 35.6. The number of hydrogen-bond donors (Lipinski definition) is 0. The second-order valence-corrected chi connectivity index (χ2v) is 8.42. The maximum absolute atomic E-state index is 12.3. The minimum Gasteiger partial charge on any atom is -0.461 e. The Morgan fingerprint density at radius 2 is 1.71 bits per heavy atom. The molecule has 0 aromatic heterocycles. The Kier molecular flexibility index (Phi) is 8.88. The number of hydrogen-bond acceptors (Lipinski definition) is 4. The fourth-order valence-corrected chi connectivity index (χ4v) is 2.26. The third-order valence-electron chi connectivity index (χ3n) is 3.12. The molecule has 0 heterocycles. The van der Waals surface area contributed by atoms with E-state index in [-0.39, 0.29) is 25.6 Å². The molecule has 0 aliphatic heterocycles. The van der Waals surface area contributed by atoms with Crippen molar-refractivity contribution >= 4 is 46.7 Å². The average molecular weight is 396 g/mol. The molecule has 0 saturated heterocycles. The molecule has 1 rings (SSSR count). The molecule has 1 atom stereocenters. The maximum atomic E-state index is 12.3. The molecule has 0 amide bonds. The SMILES string of the molecule is CC(C)CC(CC(=O)OCC(Cl)(Cl)Cl)C(=O)OCc1ccccc1. The van der Waals surface area contributed by atoms with Gasteiger partial charge in [0.25, 0.3) is 0 Å². The van der Waals surface area contributed by atoms with E-state index >= 15 is 0 Å². The zero-order valence-electron chi connectivity index (χ0n) is 13.6. The van der Waals surface area contributed by atoms with E-state index in [1.807, 2.05) is 44.2 Å². The lowest BCUT2D eigenvalue weighted by Gasteiger charge is -2.18. The van der Waals surface area contributed by atoms with E-state index in [0.717, 1.165) is 5.56 Å². The Morgan fingerprint density at radius 1 is 1.08 bits per heavy atom. The first kappa shape index (κ1) is 21.1. The van der Waals surface area contributed by atoms with Gasteiger partial charge >= 0.3 is 11.9 Å². The van der Waals surface area contributed by atoms with Crippen LogP contribution in [-0.4, -0.2) is 22.3 Å². The second kappa shape index (κ2) is 10.1. The van der Waals surface area contributed by atoms with Gasteiger partial charge in [0, 0.05) is 0 Å². The number of carbonyl (C=O) groups excluding carboxylic acids is 2. The highest BCUT2D eigenvalue weighted by Gasteiger charge is 2.27. The minimum absolute atomic E-state index is 0.105. The number of benzene rings is 1. The highest BCUT2D eigenvalue weighted by molar-refractivity contribution is 6.67. The quantitative estimate of drug-likeness (QED) is 0.473. The Hall–Kier alpha value is -0.970. The Balaban J connectivity index is 2.56. The van der Waals surface area contributed by atoms with Crippen molar-refractivity contribution in [1.82, 2.24) is 0 Å². The van der Waals surface area contributed by atoms with Crippen LogP contribution in [0.4, 0.5) is 0 Å². The van der Waals surface area contributed by atoms with Gasteiger partial charge in [0.1, 0.15) is 13.2 Å². The topological polar surface area (TPSA) is 52.6 Å². The van der Waals surface area contributed by atoms with Crippen molar-refractivity contribution < 1.29 is 19.1 Å². The molecule has 134 valence electrons. The summed E-state index contributed by atoms with van der Waals surface area (Å²) in [5.41, 5.74) is 0.882. The van der Waals surface area contributed by atoms with Crippen molar-refractivity contribution in [2.75, 3.05) is 6.61 Å². The Bertz CT molecular complexity index is 526. The second-order valence-electron chi connectivity index (χ2n) is 5.90. The van der Waals surface area contributed by atoms with Gasteiger partial charge in [-0.15, -0.1) is 0 Å². The number of carbonyl (C=O) groups is 2. The first-order valence-electron chi connectivity index (χ1n) is 7.60. The summed E-state index contributed by atoms with van der Waals surface area (Å²) in [7, 11) is 0. The molecular formula is C17H21Cl3O4. The zero-order chi connectivity index (χ0) is 18.2. The first-order chi connectivity index (χ1) is 11.2. The lowest BCUT2D eigenvalue weighted by atomic mass is 9.94. The molecule has 1 aromatic rings. The highest BCUT2D eigenvalue weighted by Crippen LogP contribution is 2.26. The van der Waals surface area contributed by atoms with Crippen molar-refractivity contribution in [2.45, 2.75) is 37.1 Å². The van der Waals surface area contributed by atoms with E-state index in [0.29, 0.717) is 6.42 Å². The minimum atomic E-state index is -1.67. The van der Waals surface area contributed by atoms with Crippen LogP contribution in [0, 0.1) is 11.8 Å². The summed E-state index contributed by atoms with van der Waals surface area (Å²) in [6.45, 7) is 3.73. The summed E-state index contributed by atoms with van der Waals surface area (Å²) in [6, 6.07) is 9.33. The molecule has 0 saturated carbocycles. The largest absolute Gasteiger partial charge is 0.461 e. The Morgan fingerprint density at radius 3 is 2.25 bits per heavy atom. The molecule has 0 fully saturated rings. The number of rotatable bonds is 8. The van der Waals surface area contributed by atoms with Gasteiger partial charge in [-0.2, -0.15) is 0 Å². The van der Waals surface area contributed by atoms with Gasteiger partial charge in [-0.25, -0.2) is 0 Å². The fraction of sp³-hybridized carbons (Fsp3) is 0.529. The summed E-state index contributed by atoms with van der Waals surface area (Å²) in [4.78, 5) is 24.1. The predicted molar refractivity (Wildman–Crippen MR) is 95.0 cm³/mol. The van der Waals surface area contributed by atoms with Crippen LogP contribution in [-0.2, 0) is 25.7 Å². The lowest BCUT2D eigenvalue weighted by Crippen LogP contribution is -2.25. The van der Waals surface area contributed by atoms with Gasteiger partial charge in [-0.05, 0) is 17.9 Å². The zero-order valence-corrected chi connectivity index (χ0v) is 15.9. The smallest absolute Gasteiger partial charge is 0.309 e. The summed E-state index contributed by atoms with van der Waals surface area (Å²) in [5, 5.41) is 0. The molecule has 24 heavy (non-hydrogen) atoms. The molecule has 1 unspecified atom stereocenters. The van der Waals surface area contributed by atoms with Gasteiger partial charge in [0.2, 0.25) is 3.79 Å². The lowest BCUT2D eigenvalue weighted by molar-refractivity contribution is -0.156. The van der Waals surface area contributed by atoms with Crippen molar-refractivity contribution in [2.24, 2.45) is 11.8 Å². The van der Waals surface area contributed by atoms with E-state index < -0.39 is 21.6 Å². The van der Waals surface area contributed by atoms with Crippen LogP contribution < -0.4 is 0 Å². The molecule has 7 heteroatoms. The molecule has 0 radical (unpaired) electrons. The fourth-order valence-electron chi connectivity index (χ4n) is 2.10. The van der Waals surface area contributed by atoms with E-state index in [2.05, 4.69) is 0 Å². The van der Waals surface area contributed by atoms with Crippen molar-refractivity contribution in [3.63, 3.8) is 0 Å². The van der Waals surface area contributed by atoms with E-state index in [9.17, 15) is 9.59 Å². The van der Waals surface area contributed by atoms with Crippen LogP contribution in [0.5, 0.6) is 0 Å². The molecule has 1 aromatic carbocycles. The number of alkyl halides is 3. The molecule has 4 nitrogen and oxygen atoms in total. The predicted octanol–water partition coefficient (Wildman–Crippen LogP) is 4.70. The molecule has 0 aliphatic rings. The maximum Gasteiger partial charge on any atom is 0.309 e. The van der Waals surface area contributed by atoms with Crippen LogP contribution in [0.3, 0.4) is 0 Å². The summed E-state index contributed by atoms with van der Waals surface area (Å²) in [5.74, 6) is -1.39. The van der Waals surface area contributed by atoms with Gasteiger partial charge in [-0.3, -0.25) is 9.59 Å². The first-order valence-corrected chi connectivity index (χ1v) is 8.73. The van der Waals surface area contributed by atoms with Crippen molar-refractivity contribution in [1.29, 1.82) is 0 Å². The van der Waals surface area contributed by atoms with Gasteiger partial charge < -0.3 is 9.47 Å². The van der Waals surface area contributed by atoms with Gasteiger partial charge in [0.05, 0.1) is 12.3 Å². The summed E-state index contributed by atoms with van der Waals surface area (Å²) < 4.78 is 8.53. The number of esters is 2. The summed E-state index contributed by atoms with van der Waals surface area (Å²) in [6.07, 6.45) is 0.406. The molecule has 0 spiro atoms. The van der Waals surface area contributed by atoms with Gasteiger partial charge in [0.15, 0.2) is 0 Å². The van der Waals surface area contributed by atoms with Crippen LogP contribution >= 0.6 is 34.8 Å². The normalized spacial score (nSPS) is 12.8. The van der Waals surface area contributed by atoms with Crippen LogP contribution in [0.25, 0.3) is 0 Å². The monoisotopic (exact) mass is 394 g/mol. The molecule has 0 N–H and O–H groups in total. The van der Waals surface area contributed by atoms with Crippen LogP contribution in [0.1, 0.15) is 32.3 Å². The molecule has 0 aliphatic carbocycles. The van der Waals surface area contributed by atoms with E-state index in [1.54, 1.807) is 0 Å². The average Bonchev–Trinajstić information content (AvgIpc) is 2.50. The third-order valence-corrected chi connectivity index (χ3v) is 3.45. The standard InChI is InChI=1S/C17H21Cl3O4/c1-12(2)8-14(9-15(21)24-11-17(18,19)20)16(22)23-10-13-6-4-3-5-7-13/h3-7,12,14H,8-11H2,1-2H3.